The number of benzene rings is 1. The highest BCUT2D eigenvalue weighted by atomic mass is 19.1. The van der Waals surface area contributed by atoms with E-state index in [0.29, 0.717) is 18.1 Å². The molecule has 0 saturated carbocycles. The molecule has 1 heterocycles. The van der Waals surface area contributed by atoms with Crippen LogP contribution >= 0.6 is 0 Å². The van der Waals surface area contributed by atoms with Gasteiger partial charge in [-0.25, -0.2) is 4.39 Å². The van der Waals surface area contributed by atoms with E-state index in [0.717, 1.165) is 5.56 Å². The fourth-order valence-corrected chi connectivity index (χ4v) is 1.87. The first kappa shape index (κ1) is 15.2. The summed E-state index contributed by atoms with van der Waals surface area (Å²) in [5, 5.41) is 6.42. The zero-order valence-corrected chi connectivity index (χ0v) is 12.3. The standard InChI is InChI=1S/C15H18FN3O2/c1-10-8-14(18-21-10)17-15(20)11(2)19(3)9-12-4-6-13(16)7-5-12/h4-8,11H,9H2,1-3H3,(H,17,18,20)/t11-/m0/s1. The van der Waals surface area contributed by atoms with Gasteiger partial charge in [-0.2, -0.15) is 0 Å². The molecule has 1 amide bonds. The summed E-state index contributed by atoms with van der Waals surface area (Å²) in [6.45, 7) is 4.10. The molecule has 1 aromatic carbocycles. The molecule has 1 atom stereocenters. The average molecular weight is 291 g/mol. The number of rotatable bonds is 5. The Morgan fingerprint density at radius 3 is 2.67 bits per heavy atom. The normalized spacial score (nSPS) is 12.4. The van der Waals surface area contributed by atoms with Crippen LogP contribution in [0.3, 0.4) is 0 Å². The summed E-state index contributed by atoms with van der Waals surface area (Å²) in [7, 11) is 1.83. The molecule has 112 valence electrons. The molecule has 0 bridgehead atoms. The summed E-state index contributed by atoms with van der Waals surface area (Å²) in [4.78, 5) is 14.0. The first-order valence-corrected chi connectivity index (χ1v) is 6.64. The summed E-state index contributed by atoms with van der Waals surface area (Å²) in [6.07, 6.45) is 0. The van der Waals surface area contributed by atoms with Crippen LogP contribution in [-0.2, 0) is 11.3 Å². The minimum absolute atomic E-state index is 0.173. The lowest BCUT2D eigenvalue weighted by Crippen LogP contribution is -2.39. The maximum atomic E-state index is 12.9. The number of carbonyl (C=O) groups excluding carboxylic acids is 1. The third-order valence-electron chi connectivity index (χ3n) is 3.27. The predicted octanol–water partition coefficient (Wildman–Crippen LogP) is 2.58. The molecule has 0 radical (unpaired) electrons. The number of carbonyl (C=O) groups is 1. The van der Waals surface area contributed by atoms with E-state index in [1.54, 1.807) is 32.0 Å². The molecule has 0 unspecified atom stereocenters. The van der Waals surface area contributed by atoms with E-state index in [-0.39, 0.29) is 17.8 Å². The highest BCUT2D eigenvalue weighted by Gasteiger charge is 2.19. The highest BCUT2D eigenvalue weighted by Crippen LogP contribution is 2.11. The van der Waals surface area contributed by atoms with Crippen LogP contribution in [0.15, 0.2) is 34.9 Å². The van der Waals surface area contributed by atoms with Gasteiger partial charge in [0.15, 0.2) is 5.82 Å². The molecule has 2 aromatic rings. The van der Waals surface area contributed by atoms with E-state index in [2.05, 4.69) is 10.5 Å². The summed E-state index contributed by atoms with van der Waals surface area (Å²) in [5.41, 5.74) is 0.941. The summed E-state index contributed by atoms with van der Waals surface area (Å²) < 4.78 is 17.8. The fraction of sp³-hybridized carbons (Fsp3) is 0.333. The average Bonchev–Trinajstić information content (AvgIpc) is 2.85. The third-order valence-corrected chi connectivity index (χ3v) is 3.27. The number of aromatic nitrogens is 1. The Morgan fingerprint density at radius 1 is 1.43 bits per heavy atom. The summed E-state index contributed by atoms with van der Waals surface area (Å²) in [5.74, 6) is 0.596. The van der Waals surface area contributed by atoms with Crippen molar-refractivity contribution in [2.45, 2.75) is 26.4 Å². The van der Waals surface area contributed by atoms with Crippen molar-refractivity contribution in [1.29, 1.82) is 0 Å². The number of likely N-dealkylation sites (N-methyl/N-ethyl adjacent to an activating group) is 1. The van der Waals surface area contributed by atoms with Gasteiger partial charge in [0.25, 0.3) is 0 Å². The molecule has 0 spiro atoms. The maximum absolute atomic E-state index is 12.9. The minimum Gasteiger partial charge on any atom is -0.360 e. The first-order chi connectivity index (χ1) is 9.95. The largest absolute Gasteiger partial charge is 0.360 e. The molecule has 6 heteroatoms. The molecule has 0 saturated heterocycles. The van der Waals surface area contributed by atoms with E-state index >= 15 is 0 Å². The lowest BCUT2D eigenvalue weighted by Gasteiger charge is -2.23. The minimum atomic E-state index is -0.355. The van der Waals surface area contributed by atoms with Gasteiger partial charge in [0, 0.05) is 12.6 Å². The first-order valence-electron chi connectivity index (χ1n) is 6.64. The highest BCUT2D eigenvalue weighted by molar-refractivity contribution is 5.93. The number of hydrogen-bond donors (Lipinski definition) is 1. The Kier molecular flexibility index (Phi) is 4.70. The zero-order chi connectivity index (χ0) is 15.4. The molecule has 1 aromatic heterocycles. The van der Waals surface area contributed by atoms with Crippen LogP contribution in [0.5, 0.6) is 0 Å². The topological polar surface area (TPSA) is 58.4 Å². The number of hydrogen-bond acceptors (Lipinski definition) is 4. The molecule has 0 aliphatic rings. The smallest absolute Gasteiger partial charge is 0.242 e. The van der Waals surface area contributed by atoms with Crippen molar-refractivity contribution in [2.24, 2.45) is 0 Å². The molecule has 21 heavy (non-hydrogen) atoms. The molecule has 0 aliphatic heterocycles. The van der Waals surface area contributed by atoms with Crippen LogP contribution in [0.4, 0.5) is 10.2 Å². The Labute approximate surface area is 122 Å². The van der Waals surface area contributed by atoms with E-state index < -0.39 is 0 Å². The van der Waals surface area contributed by atoms with Crippen LogP contribution in [0.2, 0.25) is 0 Å². The molecular formula is C15H18FN3O2. The summed E-state index contributed by atoms with van der Waals surface area (Å²) in [6, 6.07) is 7.53. The number of anilines is 1. The van der Waals surface area contributed by atoms with Gasteiger partial charge < -0.3 is 9.84 Å². The van der Waals surface area contributed by atoms with E-state index in [4.69, 9.17) is 4.52 Å². The van der Waals surface area contributed by atoms with Crippen molar-refractivity contribution in [3.8, 4) is 0 Å². The third kappa shape index (κ3) is 4.13. The van der Waals surface area contributed by atoms with E-state index in [1.807, 2.05) is 11.9 Å². The second-order valence-electron chi connectivity index (χ2n) is 5.03. The van der Waals surface area contributed by atoms with Crippen LogP contribution in [0, 0.1) is 12.7 Å². The van der Waals surface area contributed by atoms with Crippen LogP contribution in [-0.4, -0.2) is 29.1 Å². The number of nitrogens with zero attached hydrogens (tertiary/aromatic N) is 2. The second kappa shape index (κ2) is 6.49. The number of aryl methyl sites for hydroxylation is 1. The molecule has 2 rings (SSSR count). The Hall–Kier alpha value is -2.21. The monoisotopic (exact) mass is 291 g/mol. The number of amides is 1. The van der Waals surface area contributed by atoms with Gasteiger partial charge in [0.2, 0.25) is 5.91 Å². The molecule has 5 nitrogen and oxygen atoms in total. The Morgan fingerprint density at radius 2 is 2.10 bits per heavy atom. The van der Waals surface area contributed by atoms with Crippen molar-refractivity contribution >= 4 is 11.7 Å². The number of nitrogens with one attached hydrogen (secondary N) is 1. The molecule has 1 N–H and O–H groups in total. The lowest BCUT2D eigenvalue weighted by molar-refractivity contribution is -0.120. The Balaban J connectivity index is 1.93. The van der Waals surface area contributed by atoms with Crippen LogP contribution in [0.25, 0.3) is 0 Å². The quantitative estimate of drug-likeness (QED) is 0.920. The number of halogens is 1. The second-order valence-corrected chi connectivity index (χ2v) is 5.03. The summed E-state index contributed by atoms with van der Waals surface area (Å²) >= 11 is 0. The van der Waals surface area contributed by atoms with Crippen molar-refractivity contribution < 1.29 is 13.7 Å². The molecule has 0 fully saturated rings. The lowest BCUT2D eigenvalue weighted by atomic mass is 10.2. The van der Waals surface area contributed by atoms with Gasteiger partial charge in [0.1, 0.15) is 11.6 Å². The van der Waals surface area contributed by atoms with E-state index in [9.17, 15) is 9.18 Å². The fourth-order valence-electron chi connectivity index (χ4n) is 1.87. The van der Waals surface area contributed by atoms with Crippen molar-refractivity contribution in [1.82, 2.24) is 10.1 Å². The molecular weight excluding hydrogens is 273 g/mol. The van der Waals surface area contributed by atoms with Gasteiger partial charge in [-0.05, 0) is 38.6 Å². The SMILES string of the molecule is Cc1cc(NC(=O)[C@H](C)N(C)Cc2ccc(F)cc2)no1. The zero-order valence-electron chi connectivity index (χ0n) is 12.3. The van der Waals surface area contributed by atoms with Crippen molar-refractivity contribution in [2.75, 3.05) is 12.4 Å². The van der Waals surface area contributed by atoms with Crippen LogP contribution < -0.4 is 5.32 Å². The van der Waals surface area contributed by atoms with Gasteiger partial charge in [0.05, 0.1) is 6.04 Å². The van der Waals surface area contributed by atoms with E-state index in [1.165, 1.54) is 12.1 Å². The van der Waals surface area contributed by atoms with Gasteiger partial charge in [-0.3, -0.25) is 9.69 Å². The van der Waals surface area contributed by atoms with Crippen LogP contribution in [0.1, 0.15) is 18.2 Å². The van der Waals surface area contributed by atoms with Crippen molar-refractivity contribution in [3.05, 3.63) is 47.5 Å². The van der Waals surface area contributed by atoms with Gasteiger partial charge in [-0.15, -0.1) is 0 Å². The predicted molar refractivity (Wildman–Crippen MR) is 77.2 cm³/mol. The van der Waals surface area contributed by atoms with Gasteiger partial charge >= 0.3 is 0 Å². The van der Waals surface area contributed by atoms with Crippen molar-refractivity contribution in [3.63, 3.8) is 0 Å². The van der Waals surface area contributed by atoms with Gasteiger partial charge in [-0.1, -0.05) is 17.3 Å². The Bertz CT molecular complexity index is 610. The maximum Gasteiger partial charge on any atom is 0.242 e. The molecule has 0 aliphatic carbocycles.